The molecule has 0 atom stereocenters. The molecule has 0 unspecified atom stereocenters. The number of amides is 1. The highest BCUT2D eigenvalue weighted by molar-refractivity contribution is 7.15. The quantitative estimate of drug-likeness (QED) is 0.286. The summed E-state index contributed by atoms with van der Waals surface area (Å²) in [6.45, 7) is 6.49. The third-order valence-electron chi connectivity index (χ3n) is 5.71. The molecule has 1 N–H and O–H groups in total. The Kier molecular flexibility index (Phi) is 6.95. The van der Waals surface area contributed by atoms with Gasteiger partial charge in [-0.1, -0.05) is 23.7 Å². The largest absolute Gasteiger partial charge is 0.497 e. The number of fused-ring (bicyclic) bond motifs is 1. The van der Waals surface area contributed by atoms with E-state index >= 15 is 0 Å². The first-order valence-electron chi connectivity index (χ1n) is 10.9. The first kappa shape index (κ1) is 23.9. The summed E-state index contributed by atoms with van der Waals surface area (Å²) >= 11 is 7.50. The number of halogens is 1. The van der Waals surface area contributed by atoms with Crippen LogP contribution in [-0.2, 0) is 11.3 Å². The summed E-state index contributed by atoms with van der Waals surface area (Å²) < 4.78 is 12.5. The van der Waals surface area contributed by atoms with Gasteiger partial charge in [-0.05, 0) is 62.2 Å². The number of aromatic nitrogens is 1. The molecule has 0 spiro atoms. The zero-order valence-electron chi connectivity index (χ0n) is 19.4. The van der Waals surface area contributed by atoms with E-state index in [-0.39, 0.29) is 12.5 Å². The van der Waals surface area contributed by atoms with Gasteiger partial charge in [0, 0.05) is 33.4 Å². The van der Waals surface area contributed by atoms with Gasteiger partial charge in [0.05, 0.1) is 13.7 Å². The standard InChI is InChI=1S/C26H25ClN2O4S/c1-5-29-21-12-9-17(27)13-19(21)15(3)23(29)24(30)28-25-22(26(31)33-6-2)20(14-34-25)16-7-10-18(32-4)11-8-16/h7-14H,5-6H2,1-4H3,(H,28,30). The Morgan fingerprint density at radius 1 is 1.12 bits per heavy atom. The molecule has 2 aromatic carbocycles. The highest BCUT2D eigenvalue weighted by Crippen LogP contribution is 2.38. The van der Waals surface area contributed by atoms with Gasteiger partial charge in [-0.15, -0.1) is 11.3 Å². The van der Waals surface area contributed by atoms with E-state index in [2.05, 4.69) is 5.32 Å². The molecule has 1 amide bonds. The Balaban J connectivity index is 1.77. The second-order valence-corrected chi connectivity index (χ2v) is 8.95. The predicted molar refractivity (Wildman–Crippen MR) is 138 cm³/mol. The SMILES string of the molecule is CCOC(=O)c1c(-c2ccc(OC)cc2)csc1NC(=O)c1c(C)c2cc(Cl)ccc2n1CC. The molecule has 0 aliphatic rings. The van der Waals surface area contributed by atoms with Crippen LogP contribution in [0.1, 0.15) is 40.3 Å². The van der Waals surface area contributed by atoms with Gasteiger partial charge in [-0.2, -0.15) is 0 Å². The monoisotopic (exact) mass is 496 g/mol. The van der Waals surface area contributed by atoms with Crippen LogP contribution in [0.15, 0.2) is 47.8 Å². The molecule has 0 fully saturated rings. The molecular formula is C26H25ClN2O4S. The number of methoxy groups -OCH3 is 1. The second-order valence-electron chi connectivity index (χ2n) is 7.64. The van der Waals surface area contributed by atoms with Crippen LogP contribution in [0.2, 0.25) is 5.02 Å². The van der Waals surface area contributed by atoms with E-state index in [0.717, 1.165) is 22.0 Å². The number of anilines is 1. The number of carbonyl (C=O) groups excluding carboxylic acids is 2. The van der Waals surface area contributed by atoms with Crippen molar-refractivity contribution in [3.63, 3.8) is 0 Å². The van der Waals surface area contributed by atoms with Crippen molar-refractivity contribution in [2.24, 2.45) is 0 Å². The lowest BCUT2D eigenvalue weighted by Crippen LogP contribution is -2.19. The molecule has 176 valence electrons. The van der Waals surface area contributed by atoms with Crippen LogP contribution in [0.3, 0.4) is 0 Å². The van der Waals surface area contributed by atoms with Crippen LogP contribution in [0.4, 0.5) is 5.00 Å². The number of benzene rings is 2. The van der Waals surface area contributed by atoms with Crippen molar-refractivity contribution in [2.75, 3.05) is 19.0 Å². The number of nitrogens with zero attached hydrogens (tertiary/aromatic N) is 1. The van der Waals surface area contributed by atoms with Gasteiger partial charge in [0.2, 0.25) is 0 Å². The summed E-state index contributed by atoms with van der Waals surface area (Å²) in [6.07, 6.45) is 0. The molecule has 0 saturated carbocycles. The molecule has 4 rings (SSSR count). The Hall–Kier alpha value is -3.29. The molecule has 2 aromatic heterocycles. The highest BCUT2D eigenvalue weighted by Gasteiger charge is 2.26. The molecule has 34 heavy (non-hydrogen) atoms. The Morgan fingerprint density at radius 2 is 1.85 bits per heavy atom. The number of carbonyl (C=O) groups is 2. The molecular weight excluding hydrogens is 472 g/mol. The van der Waals surface area contributed by atoms with E-state index < -0.39 is 5.97 Å². The van der Waals surface area contributed by atoms with Gasteiger partial charge < -0.3 is 19.4 Å². The first-order chi connectivity index (χ1) is 16.4. The average Bonchev–Trinajstić information content (AvgIpc) is 3.37. The maximum atomic E-state index is 13.5. The molecule has 6 nitrogen and oxygen atoms in total. The van der Waals surface area contributed by atoms with E-state index in [1.807, 2.05) is 66.3 Å². The maximum absolute atomic E-state index is 13.5. The van der Waals surface area contributed by atoms with E-state index in [1.54, 1.807) is 14.0 Å². The van der Waals surface area contributed by atoms with Crippen molar-refractivity contribution < 1.29 is 19.1 Å². The molecule has 0 radical (unpaired) electrons. The number of hydrogen-bond donors (Lipinski definition) is 1. The lowest BCUT2D eigenvalue weighted by molar-refractivity contribution is 0.0529. The van der Waals surface area contributed by atoms with Crippen LogP contribution in [0, 0.1) is 6.92 Å². The Labute approximate surface area is 207 Å². The summed E-state index contributed by atoms with van der Waals surface area (Å²) in [6, 6.07) is 13.0. The zero-order chi connectivity index (χ0) is 24.4. The fourth-order valence-electron chi connectivity index (χ4n) is 4.12. The van der Waals surface area contributed by atoms with Crippen LogP contribution in [-0.4, -0.2) is 30.2 Å². The second kappa shape index (κ2) is 9.91. The molecule has 0 aliphatic heterocycles. The van der Waals surface area contributed by atoms with Crippen LogP contribution in [0.25, 0.3) is 22.0 Å². The normalized spacial score (nSPS) is 11.0. The number of thiophene rings is 1. The molecule has 0 aliphatic carbocycles. The smallest absolute Gasteiger partial charge is 0.341 e. The van der Waals surface area contributed by atoms with E-state index in [1.165, 1.54) is 11.3 Å². The van der Waals surface area contributed by atoms with Gasteiger partial charge in [0.25, 0.3) is 5.91 Å². The number of aryl methyl sites for hydroxylation is 2. The molecule has 0 bridgehead atoms. The lowest BCUT2D eigenvalue weighted by atomic mass is 10.0. The van der Waals surface area contributed by atoms with Crippen molar-refractivity contribution >= 4 is 50.7 Å². The minimum atomic E-state index is -0.482. The lowest BCUT2D eigenvalue weighted by Gasteiger charge is -2.11. The fourth-order valence-corrected chi connectivity index (χ4v) is 5.24. The van der Waals surface area contributed by atoms with E-state index in [0.29, 0.717) is 39.1 Å². The minimum Gasteiger partial charge on any atom is -0.497 e. The van der Waals surface area contributed by atoms with Crippen LogP contribution in [0.5, 0.6) is 5.75 Å². The van der Waals surface area contributed by atoms with Gasteiger partial charge in [0.1, 0.15) is 22.0 Å². The summed E-state index contributed by atoms with van der Waals surface area (Å²) in [4.78, 5) is 26.4. The van der Waals surface area contributed by atoms with Crippen molar-refractivity contribution in [3.8, 4) is 16.9 Å². The molecule has 2 heterocycles. The third-order valence-corrected chi connectivity index (χ3v) is 6.84. The summed E-state index contributed by atoms with van der Waals surface area (Å²) in [5, 5.41) is 6.81. The summed E-state index contributed by atoms with van der Waals surface area (Å²) in [7, 11) is 1.60. The predicted octanol–water partition coefficient (Wildman–Crippen LogP) is 6.79. The Bertz CT molecular complexity index is 1370. The van der Waals surface area contributed by atoms with Crippen molar-refractivity contribution in [1.29, 1.82) is 0 Å². The molecule has 4 aromatic rings. The number of hydrogen-bond acceptors (Lipinski definition) is 5. The van der Waals surface area contributed by atoms with Crippen molar-refractivity contribution in [1.82, 2.24) is 4.57 Å². The molecule has 8 heteroatoms. The van der Waals surface area contributed by atoms with E-state index in [9.17, 15) is 9.59 Å². The van der Waals surface area contributed by atoms with Gasteiger partial charge in [-0.25, -0.2) is 4.79 Å². The summed E-state index contributed by atoms with van der Waals surface area (Å²) in [5.74, 6) is -0.0575. The van der Waals surface area contributed by atoms with Gasteiger partial charge in [0.15, 0.2) is 0 Å². The zero-order valence-corrected chi connectivity index (χ0v) is 21.0. The number of rotatable bonds is 7. The van der Waals surface area contributed by atoms with Crippen molar-refractivity contribution in [2.45, 2.75) is 27.3 Å². The minimum absolute atomic E-state index is 0.230. The van der Waals surface area contributed by atoms with Crippen LogP contribution >= 0.6 is 22.9 Å². The Morgan fingerprint density at radius 3 is 2.50 bits per heavy atom. The number of ether oxygens (including phenoxy) is 2. The molecule has 0 saturated heterocycles. The van der Waals surface area contributed by atoms with Gasteiger partial charge >= 0.3 is 5.97 Å². The van der Waals surface area contributed by atoms with Gasteiger partial charge in [-0.3, -0.25) is 4.79 Å². The number of nitrogens with one attached hydrogen (secondary N) is 1. The highest BCUT2D eigenvalue weighted by atomic mass is 35.5. The first-order valence-corrected chi connectivity index (χ1v) is 12.2. The average molecular weight is 497 g/mol. The third kappa shape index (κ3) is 4.29. The van der Waals surface area contributed by atoms with Crippen LogP contribution < -0.4 is 10.1 Å². The fraction of sp³-hybridized carbons (Fsp3) is 0.231. The topological polar surface area (TPSA) is 69.6 Å². The van der Waals surface area contributed by atoms with Crippen molar-refractivity contribution in [3.05, 3.63) is 69.7 Å². The van der Waals surface area contributed by atoms with E-state index in [4.69, 9.17) is 21.1 Å². The maximum Gasteiger partial charge on any atom is 0.341 e. The number of esters is 1. The summed E-state index contributed by atoms with van der Waals surface area (Å²) in [5.41, 5.74) is 4.17.